The van der Waals surface area contributed by atoms with Gasteiger partial charge in [0, 0.05) is 17.7 Å². The second-order valence-electron chi connectivity index (χ2n) is 10.6. The Balaban J connectivity index is 1.62. The van der Waals surface area contributed by atoms with Gasteiger partial charge in [-0.25, -0.2) is 0 Å². The number of hydrogen-bond donors (Lipinski definition) is 9. The average Bonchev–Trinajstić information content (AvgIpc) is 3.05. The number of methoxy groups -OCH3 is 2. The predicted molar refractivity (Wildman–Crippen MR) is 151 cm³/mol. The van der Waals surface area contributed by atoms with E-state index in [1.807, 2.05) is 0 Å². The Morgan fingerprint density at radius 1 is 0.717 bits per heavy atom. The molecule has 0 radical (unpaired) electrons. The number of aliphatic hydroxyl groups excluding tert-OH is 8. The summed E-state index contributed by atoms with van der Waals surface area (Å²) in [7, 11) is 2.77. The molecule has 0 amide bonds. The van der Waals surface area contributed by atoms with Crippen LogP contribution >= 0.6 is 0 Å². The lowest BCUT2D eigenvalue weighted by Gasteiger charge is -2.39. The first-order valence-electron chi connectivity index (χ1n) is 13.9. The summed E-state index contributed by atoms with van der Waals surface area (Å²) >= 11 is 0. The first kappa shape index (κ1) is 33.6. The molecule has 0 bridgehead atoms. The predicted octanol–water partition coefficient (Wildman–Crippen LogP) is -2.46. The Hall–Kier alpha value is -3.75. The summed E-state index contributed by atoms with van der Waals surface area (Å²) in [5, 5.41) is 91.1. The van der Waals surface area contributed by atoms with E-state index in [1.54, 1.807) is 0 Å². The van der Waals surface area contributed by atoms with E-state index in [0.717, 1.165) is 12.1 Å². The van der Waals surface area contributed by atoms with E-state index in [4.69, 9.17) is 32.8 Å². The van der Waals surface area contributed by atoms with Crippen molar-refractivity contribution in [2.75, 3.05) is 27.4 Å². The van der Waals surface area contributed by atoms with Gasteiger partial charge in [-0.15, -0.1) is 0 Å². The quantitative estimate of drug-likeness (QED) is 0.116. The van der Waals surface area contributed by atoms with Gasteiger partial charge in [-0.1, -0.05) is 0 Å². The van der Waals surface area contributed by atoms with Crippen LogP contribution in [0.1, 0.15) is 0 Å². The molecular formula is C29H34O17. The van der Waals surface area contributed by atoms with Crippen LogP contribution in [0, 0.1) is 0 Å². The number of hydrogen-bond acceptors (Lipinski definition) is 17. The number of ether oxygens (including phenoxy) is 6. The lowest BCUT2D eigenvalue weighted by Crippen LogP contribution is -2.60. The van der Waals surface area contributed by atoms with Crippen molar-refractivity contribution in [2.24, 2.45) is 0 Å². The molecule has 2 aromatic carbocycles. The molecule has 3 heterocycles. The maximum absolute atomic E-state index is 13.9. The van der Waals surface area contributed by atoms with Crippen molar-refractivity contribution in [3.05, 3.63) is 40.6 Å². The minimum absolute atomic E-state index is 0.163. The van der Waals surface area contributed by atoms with Gasteiger partial charge in [0.15, 0.2) is 17.3 Å². The van der Waals surface area contributed by atoms with Gasteiger partial charge >= 0.3 is 0 Å². The van der Waals surface area contributed by atoms with E-state index < -0.39 is 96.9 Å². The second-order valence-corrected chi connectivity index (χ2v) is 10.6. The lowest BCUT2D eigenvalue weighted by molar-refractivity contribution is -0.277. The molecule has 2 aliphatic rings. The van der Waals surface area contributed by atoms with Crippen LogP contribution in [-0.2, 0) is 9.47 Å². The van der Waals surface area contributed by atoms with Crippen molar-refractivity contribution in [3.63, 3.8) is 0 Å². The summed E-state index contributed by atoms with van der Waals surface area (Å²) in [4.78, 5) is 13.9. The summed E-state index contributed by atoms with van der Waals surface area (Å²) in [5.74, 6) is -1.30. The highest BCUT2D eigenvalue weighted by molar-refractivity contribution is 5.88. The summed E-state index contributed by atoms with van der Waals surface area (Å²) in [6.07, 6.45) is -16.7. The Labute approximate surface area is 259 Å². The normalized spacial score (nSPS) is 31.4. The Kier molecular flexibility index (Phi) is 9.89. The summed E-state index contributed by atoms with van der Waals surface area (Å²) in [5.41, 5.74) is -1.11. The van der Waals surface area contributed by atoms with Crippen LogP contribution in [0.4, 0.5) is 0 Å². The van der Waals surface area contributed by atoms with Crippen LogP contribution < -0.4 is 24.4 Å². The number of aromatic hydroxyl groups is 1. The van der Waals surface area contributed by atoms with Crippen LogP contribution in [0.3, 0.4) is 0 Å². The maximum atomic E-state index is 13.9. The van der Waals surface area contributed by atoms with Gasteiger partial charge in [0.25, 0.3) is 0 Å². The van der Waals surface area contributed by atoms with Crippen LogP contribution in [0.2, 0.25) is 0 Å². The topological polar surface area (TPSA) is 268 Å². The first-order valence-corrected chi connectivity index (χ1v) is 13.9. The van der Waals surface area contributed by atoms with Gasteiger partial charge in [0.1, 0.15) is 71.3 Å². The largest absolute Gasteiger partial charge is 0.507 e. The van der Waals surface area contributed by atoms with E-state index in [0.29, 0.717) is 5.75 Å². The Bertz CT molecular complexity index is 1590. The van der Waals surface area contributed by atoms with E-state index in [9.17, 15) is 50.8 Å². The molecule has 5 unspecified atom stereocenters. The highest BCUT2D eigenvalue weighted by Crippen LogP contribution is 2.40. The van der Waals surface area contributed by atoms with Crippen molar-refractivity contribution in [1.29, 1.82) is 0 Å². The molecule has 17 nitrogen and oxygen atoms in total. The molecule has 46 heavy (non-hydrogen) atoms. The lowest BCUT2D eigenvalue weighted by atomic mass is 9.99. The molecule has 0 saturated carbocycles. The molecule has 3 aromatic rings. The highest BCUT2D eigenvalue weighted by Gasteiger charge is 2.46. The molecule has 5 rings (SSSR count). The number of rotatable bonds is 9. The van der Waals surface area contributed by atoms with Gasteiger partial charge in [-0.3, -0.25) is 4.79 Å². The van der Waals surface area contributed by atoms with Gasteiger partial charge in [-0.05, 0) is 18.2 Å². The highest BCUT2D eigenvalue weighted by atomic mass is 16.7. The Morgan fingerprint density at radius 3 is 1.83 bits per heavy atom. The molecule has 2 aliphatic heterocycles. The zero-order chi connectivity index (χ0) is 33.4. The standard InChI is InChI=1S/C29H34O17/c1-40-13-4-3-10(5-14(13)41-2)26-27(46-29-25(39)23(37)20(34)17(9-31)45-29)21(35)18-12(32)6-11(7-15(18)43-26)42-28-24(38)22(36)19(33)16(8-30)44-28/h3-7,16-17,19-20,22-25,28-34,36-39H,8-9H2,1-2H3/t16?,17?,19-,20-,22+,23?,24?,25?,28-,29+/m1/s1. The molecular weight excluding hydrogens is 620 g/mol. The first-order chi connectivity index (χ1) is 21.9. The van der Waals surface area contributed by atoms with Crippen LogP contribution in [-0.4, -0.2) is 135 Å². The molecule has 17 heteroatoms. The summed E-state index contributed by atoms with van der Waals surface area (Å²) in [6.45, 7) is -1.48. The van der Waals surface area contributed by atoms with E-state index in [1.165, 1.54) is 32.4 Å². The minimum Gasteiger partial charge on any atom is -0.507 e. The number of phenolic OH excluding ortho intramolecular Hbond substituents is 1. The van der Waals surface area contributed by atoms with E-state index >= 15 is 0 Å². The average molecular weight is 655 g/mol. The van der Waals surface area contributed by atoms with Crippen LogP contribution in [0.5, 0.6) is 28.7 Å². The maximum Gasteiger partial charge on any atom is 0.239 e. The fraction of sp³-hybridized carbons (Fsp3) is 0.483. The van der Waals surface area contributed by atoms with Crippen molar-refractivity contribution >= 4 is 11.0 Å². The van der Waals surface area contributed by atoms with Crippen molar-refractivity contribution in [2.45, 2.75) is 61.4 Å². The molecule has 2 fully saturated rings. The summed E-state index contributed by atoms with van der Waals surface area (Å²) in [6, 6.07) is 6.51. The third-order valence-corrected chi connectivity index (χ3v) is 7.74. The molecule has 10 atom stereocenters. The number of benzene rings is 2. The fourth-order valence-electron chi connectivity index (χ4n) is 5.18. The van der Waals surface area contributed by atoms with Crippen molar-refractivity contribution in [1.82, 2.24) is 0 Å². The Morgan fingerprint density at radius 2 is 1.28 bits per heavy atom. The smallest absolute Gasteiger partial charge is 0.239 e. The van der Waals surface area contributed by atoms with Crippen LogP contribution in [0.15, 0.2) is 39.5 Å². The SMILES string of the molecule is COc1ccc(-c2oc3cc(O[C@@H]4OC(CO)[C@@H](O)[C@H](O)C4O)cc(O)c3c(=O)c2O[C@@H]2OC(CO)[C@@H](O)C(O)C2O)cc1OC. The molecule has 0 aliphatic carbocycles. The molecule has 252 valence electrons. The van der Waals surface area contributed by atoms with Crippen LogP contribution in [0.25, 0.3) is 22.3 Å². The number of fused-ring (bicyclic) bond motifs is 1. The molecule has 9 N–H and O–H groups in total. The zero-order valence-corrected chi connectivity index (χ0v) is 24.4. The molecule has 2 saturated heterocycles. The van der Waals surface area contributed by atoms with Gasteiger partial charge in [0.2, 0.25) is 23.8 Å². The van der Waals surface area contributed by atoms with Gasteiger partial charge in [0.05, 0.1) is 27.4 Å². The van der Waals surface area contributed by atoms with E-state index in [-0.39, 0.29) is 28.4 Å². The zero-order valence-electron chi connectivity index (χ0n) is 24.4. The van der Waals surface area contributed by atoms with Crippen molar-refractivity contribution < 1.29 is 78.8 Å². The fourth-order valence-corrected chi connectivity index (χ4v) is 5.18. The third kappa shape index (κ3) is 6.05. The third-order valence-electron chi connectivity index (χ3n) is 7.74. The number of aliphatic hydroxyl groups is 8. The number of phenols is 1. The van der Waals surface area contributed by atoms with E-state index in [2.05, 4.69) is 0 Å². The van der Waals surface area contributed by atoms with Gasteiger partial charge < -0.3 is 78.8 Å². The minimum atomic E-state index is -1.89. The molecule has 1 aromatic heterocycles. The van der Waals surface area contributed by atoms with Crippen molar-refractivity contribution in [3.8, 4) is 40.1 Å². The van der Waals surface area contributed by atoms with Gasteiger partial charge in [-0.2, -0.15) is 0 Å². The second kappa shape index (κ2) is 13.5. The summed E-state index contributed by atoms with van der Waals surface area (Å²) < 4.78 is 38.8. The molecule has 0 spiro atoms. The monoisotopic (exact) mass is 654 g/mol.